The number of allylic oxidation sites excluding steroid dienone is 1. The molecule has 0 aliphatic carbocycles. The summed E-state index contributed by atoms with van der Waals surface area (Å²) < 4.78 is 10.9. The van der Waals surface area contributed by atoms with Gasteiger partial charge in [0.1, 0.15) is 5.60 Å². The minimum absolute atomic E-state index is 0.163. The average molecular weight is 425 g/mol. The SMILES string of the molecule is CCCCCCCCC(=O)OCCC1(CO)C/C(=C\CC(C(C)C)C(C)C)C(=O)O1. The Morgan fingerprint density at radius 1 is 1.13 bits per heavy atom. The monoisotopic (exact) mass is 424 g/mol. The highest BCUT2D eigenvalue weighted by Gasteiger charge is 2.43. The Labute approximate surface area is 183 Å². The van der Waals surface area contributed by atoms with E-state index < -0.39 is 5.60 Å². The molecule has 5 heteroatoms. The third-order valence-corrected chi connectivity index (χ3v) is 6.28. The number of hydrogen-bond acceptors (Lipinski definition) is 5. The van der Waals surface area contributed by atoms with E-state index in [1.807, 2.05) is 6.08 Å². The van der Waals surface area contributed by atoms with Crippen molar-refractivity contribution >= 4 is 11.9 Å². The van der Waals surface area contributed by atoms with Crippen LogP contribution in [0.15, 0.2) is 11.6 Å². The summed E-state index contributed by atoms with van der Waals surface area (Å²) >= 11 is 0. The standard InChI is InChI=1S/C25H44O5/c1-6-7-8-9-10-11-12-23(27)29-16-15-25(18-26)17-21(24(28)30-25)13-14-22(19(2)3)20(4)5/h13,19-20,22,26H,6-12,14-18H2,1-5H3/b21-13+. The highest BCUT2D eigenvalue weighted by molar-refractivity contribution is 5.91. The molecular weight excluding hydrogens is 380 g/mol. The summed E-state index contributed by atoms with van der Waals surface area (Å²) in [6.45, 7) is 10.9. The largest absolute Gasteiger partial charge is 0.466 e. The number of carbonyl (C=O) groups excluding carboxylic acids is 2. The van der Waals surface area contributed by atoms with Crippen molar-refractivity contribution in [1.29, 1.82) is 0 Å². The summed E-state index contributed by atoms with van der Waals surface area (Å²) in [7, 11) is 0. The molecule has 1 atom stereocenters. The zero-order valence-corrected chi connectivity index (χ0v) is 19.9. The molecule has 0 bridgehead atoms. The third kappa shape index (κ3) is 9.20. The highest BCUT2D eigenvalue weighted by Crippen LogP contribution is 2.35. The second-order valence-corrected chi connectivity index (χ2v) is 9.51. The molecule has 1 saturated heterocycles. The number of ether oxygens (including phenoxy) is 2. The molecule has 1 aliphatic rings. The van der Waals surface area contributed by atoms with Gasteiger partial charge in [-0.1, -0.05) is 72.8 Å². The molecule has 0 aromatic heterocycles. The van der Waals surface area contributed by atoms with E-state index in [0.29, 0.717) is 42.6 Å². The fourth-order valence-corrected chi connectivity index (χ4v) is 4.24. The van der Waals surface area contributed by atoms with Crippen LogP contribution in [0.3, 0.4) is 0 Å². The molecule has 0 amide bonds. The van der Waals surface area contributed by atoms with Crippen LogP contribution in [0.25, 0.3) is 0 Å². The van der Waals surface area contributed by atoms with Gasteiger partial charge in [-0.25, -0.2) is 4.79 Å². The summed E-state index contributed by atoms with van der Waals surface area (Å²) in [4.78, 5) is 24.3. The molecule has 174 valence electrons. The maximum absolute atomic E-state index is 12.3. The second-order valence-electron chi connectivity index (χ2n) is 9.51. The molecule has 1 rings (SSSR count). The van der Waals surface area contributed by atoms with Crippen LogP contribution in [0.4, 0.5) is 0 Å². The number of rotatable bonds is 15. The normalized spacial score (nSPS) is 20.6. The van der Waals surface area contributed by atoms with Crippen LogP contribution in [-0.4, -0.2) is 35.9 Å². The van der Waals surface area contributed by atoms with Crippen LogP contribution in [0, 0.1) is 17.8 Å². The van der Waals surface area contributed by atoms with Gasteiger partial charge in [-0.15, -0.1) is 0 Å². The molecule has 0 aromatic rings. The maximum atomic E-state index is 12.3. The molecule has 1 unspecified atom stereocenters. The Morgan fingerprint density at radius 3 is 2.37 bits per heavy atom. The van der Waals surface area contributed by atoms with Gasteiger partial charge in [0.25, 0.3) is 0 Å². The maximum Gasteiger partial charge on any atom is 0.334 e. The summed E-state index contributed by atoms with van der Waals surface area (Å²) in [5.74, 6) is 1.00. The van der Waals surface area contributed by atoms with Crippen LogP contribution < -0.4 is 0 Å². The van der Waals surface area contributed by atoms with E-state index in [9.17, 15) is 14.7 Å². The van der Waals surface area contributed by atoms with Crippen LogP contribution in [-0.2, 0) is 19.1 Å². The van der Waals surface area contributed by atoms with E-state index >= 15 is 0 Å². The lowest BCUT2D eigenvalue weighted by molar-refractivity contribution is -0.154. The van der Waals surface area contributed by atoms with Crippen molar-refractivity contribution in [2.75, 3.05) is 13.2 Å². The topological polar surface area (TPSA) is 72.8 Å². The fourth-order valence-electron chi connectivity index (χ4n) is 4.24. The Bertz CT molecular complexity index is 544. The molecule has 1 fully saturated rings. The van der Waals surface area contributed by atoms with E-state index in [0.717, 1.165) is 25.7 Å². The molecular formula is C25H44O5. The molecule has 1 heterocycles. The summed E-state index contributed by atoms with van der Waals surface area (Å²) in [6, 6.07) is 0. The van der Waals surface area contributed by atoms with Gasteiger partial charge < -0.3 is 14.6 Å². The molecule has 0 aromatic carbocycles. The van der Waals surface area contributed by atoms with Crippen LogP contribution in [0.2, 0.25) is 0 Å². The van der Waals surface area contributed by atoms with Gasteiger partial charge in [-0.3, -0.25) is 4.79 Å². The van der Waals surface area contributed by atoms with Crippen molar-refractivity contribution in [3.05, 3.63) is 11.6 Å². The Balaban J connectivity index is 2.44. The molecule has 30 heavy (non-hydrogen) atoms. The lowest BCUT2D eigenvalue weighted by Gasteiger charge is -2.24. The van der Waals surface area contributed by atoms with Gasteiger partial charge >= 0.3 is 11.9 Å². The number of esters is 2. The van der Waals surface area contributed by atoms with Gasteiger partial charge in [0, 0.05) is 24.8 Å². The van der Waals surface area contributed by atoms with Gasteiger partial charge in [0.15, 0.2) is 0 Å². The van der Waals surface area contributed by atoms with Crippen molar-refractivity contribution in [1.82, 2.24) is 0 Å². The molecule has 0 spiro atoms. The second kappa shape index (κ2) is 13.8. The van der Waals surface area contributed by atoms with Gasteiger partial charge in [0.2, 0.25) is 0 Å². The summed E-state index contributed by atoms with van der Waals surface area (Å²) in [5.41, 5.74) is -0.331. The number of carbonyl (C=O) groups is 2. The van der Waals surface area contributed by atoms with E-state index in [4.69, 9.17) is 9.47 Å². The number of aliphatic hydroxyl groups excluding tert-OH is 1. The first-order valence-corrected chi connectivity index (χ1v) is 11.9. The summed E-state index contributed by atoms with van der Waals surface area (Å²) in [5, 5.41) is 9.87. The first-order valence-electron chi connectivity index (χ1n) is 11.9. The minimum atomic E-state index is -0.964. The van der Waals surface area contributed by atoms with Gasteiger partial charge in [-0.2, -0.15) is 0 Å². The quantitative estimate of drug-likeness (QED) is 0.211. The van der Waals surface area contributed by atoms with Crippen molar-refractivity contribution in [2.24, 2.45) is 17.8 Å². The van der Waals surface area contributed by atoms with E-state index in [2.05, 4.69) is 34.6 Å². The molecule has 1 N–H and O–H groups in total. The Morgan fingerprint density at radius 2 is 1.77 bits per heavy atom. The predicted molar refractivity (Wildman–Crippen MR) is 120 cm³/mol. The van der Waals surface area contributed by atoms with Crippen LogP contribution in [0.5, 0.6) is 0 Å². The van der Waals surface area contributed by atoms with Gasteiger partial charge in [0.05, 0.1) is 13.2 Å². The number of hydrogen-bond donors (Lipinski definition) is 1. The lowest BCUT2D eigenvalue weighted by Crippen LogP contribution is -2.34. The smallest absolute Gasteiger partial charge is 0.334 e. The van der Waals surface area contributed by atoms with Crippen LogP contribution in [0.1, 0.15) is 98.8 Å². The van der Waals surface area contributed by atoms with E-state index in [1.54, 1.807) is 0 Å². The molecule has 1 aliphatic heterocycles. The minimum Gasteiger partial charge on any atom is -0.466 e. The first-order chi connectivity index (χ1) is 14.2. The number of cyclic esters (lactones) is 1. The lowest BCUT2D eigenvalue weighted by atomic mass is 9.82. The molecule has 5 nitrogen and oxygen atoms in total. The van der Waals surface area contributed by atoms with Crippen molar-refractivity contribution < 1.29 is 24.2 Å². The van der Waals surface area contributed by atoms with Crippen molar-refractivity contribution in [2.45, 2.75) is 104 Å². The van der Waals surface area contributed by atoms with Crippen LogP contribution >= 0.6 is 0 Å². The van der Waals surface area contributed by atoms with Crippen molar-refractivity contribution in [3.8, 4) is 0 Å². The zero-order chi connectivity index (χ0) is 22.6. The Kier molecular flexibility index (Phi) is 12.3. The highest BCUT2D eigenvalue weighted by atomic mass is 16.6. The number of unbranched alkanes of at least 4 members (excludes halogenated alkanes) is 5. The summed E-state index contributed by atoms with van der Waals surface area (Å²) in [6.07, 6.45) is 10.7. The predicted octanol–water partition coefficient (Wildman–Crippen LogP) is 5.59. The third-order valence-electron chi connectivity index (χ3n) is 6.28. The van der Waals surface area contributed by atoms with E-state index in [1.165, 1.54) is 19.3 Å². The van der Waals surface area contributed by atoms with E-state index in [-0.39, 0.29) is 25.2 Å². The van der Waals surface area contributed by atoms with Gasteiger partial charge in [-0.05, 0) is 30.6 Å². The van der Waals surface area contributed by atoms with Crippen molar-refractivity contribution in [3.63, 3.8) is 0 Å². The number of aliphatic hydroxyl groups is 1. The first kappa shape index (κ1) is 26.7. The molecule has 0 saturated carbocycles. The average Bonchev–Trinajstić information content (AvgIpc) is 3.00. The zero-order valence-electron chi connectivity index (χ0n) is 19.9. The molecule has 0 radical (unpaired) electrons. The fraction of sp³-hybridized carbons (Fsp3) is 0.840. The Hall–Kier alpha value is -1.36.